The second kappa shape index (κ2) is 9.99. The summed E-state index contributed by atoms with van der Waals surface area (Å²) in [6.07, 6.45) is 2.16. The van der Waals surface area contributed by atoms with Gasteiger partial charge in [-0.05, 0) is 31.0 Å². The number of amides is 2. The van der Waals surface area contributed by atoms with Crippen LogP contribution in [0.15, 0.2) is 23.1 Å². The van der Waals surface area contributed by atoms with Crippen molar-refractivity contribution in [2.24, 2.45) is 13.0 Å². The molecular formula is C22H33N5O4S. The molecule has 2 heterocycles. The number of hydrogen-bond acceptors (Lipinski definition) is 5. The smallest absolute Gasteiger partial charge is 0.243 e. The molecule has 10 heteroatoms. The fraction of sp³-hybridized carbons (Fsp3) is 0.591. The summed E-state index contributed by atoms with van der Waals surface area (Å²) in [6.45, 7) is 5.63. The summed E-state index contributed by atoms with van der Waals surface area (Å²) in [6, 6.07) is 4.99. The van der Waals surface area contributed by atoms with E-state index < -0.39 is 10.0 Å². The summed E-state index contributed by atoms with van der Waals surface area (Å²) in [5.41, 5.74) is 1.44. The highest BCUT2D eigenvalue weighted by Gasteiger charge is 2.27. The quantitative estimate of drug-likeness (QED) is 0.639. The van der Waals surface area contributed by atoms with Gasteiger partial charge in [0.2, 0.25) is 21.8 Å². The molecule has 32 heavy (non-hydrogen) atoms. The number of nitrogens with one attached hydrogen (secondary N) is 1. The van der Waals surface area contributed by atoms with Crippen LogP contribution < -0.4 is 5.32 Å². The summed E-state index contributed by atoms with van der Waals surface area (Å²) in [5.74, 6) is 0.813. The molecule has 2 aromatic rings. The molecule has 0 saturated carbocycles. The number of sulfonamides is 1. The van der Waals surface area contributed by atoms with Crippen molar-refractivity contribution in [1.29, 1.82) is 0 Å². The van der Waals surface area contributed by atoms with Gasteiger partial charge in [-0.15, -0.1) is 0 Å². The van der Waals surface area contributed by atoms with E-state index in [9.17, 15) is 18.0 Å². The highest BCUT2D eigenvalue weighted by Crippen LogP contribution is 2.23. The van der Waals surface area contributed by atoms with Gasteiger partial charge in [-0.25, -0.2) is 13.4 Å². The van der Waals surface area contributed by atoms with Crippen molar-refractivity contribution < 1.29 is 18.0 Å². The maximum absolute atomic E-state index is 12.8. The Morgan fingerprint density at radius 3 is 2.44 bits per heavy atom. The molecular weight excluding hydrogens is 430 g/mol. The van der Waals surface area contributed by atoms with Crippen LogP contribution in [0.1, 0.15) is 38.9 Å². The van der Waals surface area contributed by atoms with E-state index in [2.05, 4.69) is 10.3 Å². The van der Waals surface area contributed by atoms with E-state index in [-0.39, 0.29) is 22.6 Å². The van der Waals surface area contributed by atoms with Gasteiger partial charge in [0.25, 0.3) is 0 Å². The number of benzene rings is 1. The van der Waals surface area contributed by atoms with Gasteiger partial charge < -0.3 is 14.8 Å². The summed E-state index contributed by atoms with van der Waals surface area (Å²) >= 11 is 0. The lowest BCUT2D eigenvalue weighted by molar-refractivity contribution is -0.135. The van der Waals surface area contributed by atoms with Crippen LogP contribution in [-0.4, -0.2) is 72.2 Å². The number of carbonyl (C=O) groups excluding carboxylic acids is 2. The summed E-state index contributed by atoms with van der Waals surface area (Å²) < 4.78 is 29.0. The van der Waals surface area contributed by atoms with Crippen molar-refractivity contribution >= 4 is 32.9 Å². The van der Waals surface area contributed by atoms with Crippen molar-refractivity contribution in [2.75, 3.05) is 33.2 Å². The second-order valence-electron chi connectivity index (χ2n) is 8.10. The van der Waals surface area contributed by atoms with Gasteiger partial charge >= 0.3 is 0 Å². The molecule has 0 spiro atoms. The van der Waals surface area contributed by atoms with Crippen molar-refractivity contribution in [3.63, 3.8) is 0 Å². The number of fused-ring (bicyclic) bond motifs is 1. The molecule has 9 nitrogen and oxygen atoms in total. The van der Waals surface area contributed by atoms with E-state index in [4.69, 9.17) is 0 Å². The Morgan fingerprint density at radius 1 is 1.19 bits per heavy atom. The Morgan fingerprint density at radius 2 is 1.84 bits per heavy atom. The van der Waals surface area contributed by atoms with Crippen LogP contribution in [0.2, 0.25) is 0 Å². The number of imidazole rings is 1. The molecule has 1 fully saturated rings. The first-order valence-corrected chi connectivity index (χ1v) is 12.6. The Labute approximate surface area is 189 Å². The molecule has 3 rings (SSSR count). The maximum atomic E-state index is 12.8. The molecule has 0 atom stereocenters. The van der Waals surface area contributed by atoms with Gasteiger partial charge in [-0.2, -0.15) is 4.31 Å². The fourth-order valence-electron chi connectivity index (χ4n) is 4.30. The third-order valence-corrected chi connectivity index (χ3v) is 8.36. The van der Waals surface area contributed by atoms with Crippen molar-refractivity contribution in [2.45, 2.75) is 44.4 Å². The zero-order chi connectivity index (χ0) is 23.5. The van der Waals surface area contributed by atoms with Gasteiger partial charge in [-0.1, -0.05) is 13.8 Å². The lowest BCUT2D eigenvalue weighted by Crippen LogP contribution is -2.42. The minimum Gasteiger partial charge on any atom is -0.359 e. The van der Waals surface area contributed by atoms with Crippen molar-refractivity contribution in [3.8, 4) is 0 Å². The van der Waals surface area contributed by atoms with Crippen molar-refractivity contribution in [3.05, 3.63) is 24.0 Å². The number of piperidine rings is 1. The Hall–Kier alpha value is -2.46. The van der Waals surface area contributed by atoms with Gasteiger partial charge in [0.1, 0.15) is 5.82 Å². The Balaban J connectivity index is 1.69. The molecule has 0 radical (unpaired) electrons. The lowest BCUT2D eigenvalue weighted by atomic mass is 9.96. The van der Waals surface area contributed by atoms with Crippen LogP contribution in [0.3, 0.4) is 0 Å². The average molecular weight is 464 g/mol. The molecule has 1 aromatic heterocycles. The Bertz CT molecular complexity index is 1080. The van der Waals surface area contributed by atoms with Crippen LogP contribution in [0.25, 0.3) is 11.0 Å². The molecule has 1 aliphatic heterocycles. The normalized spacial score (nSPS) is 15.5. The third-order valence-electron chi connectivity index (χ3n) is 6.32. The molecule has 1 saturated heterocycles. The minimum absolute atomic E-state index is 0.0225. The van der Waals surface area contributed by atoms with Gasteiger partial charge in [-0.3, -0.25) is 9.59 Å². The van der Waals surface area contributed by atoms with Crippen LogP contribution in [0.5, 0.6) is 0 Å². The lowest BCUT2D eigenvalue weighted by Gasteiger charge is -2.31. The molecule has 2 amide bonds. The molecule has 1 N–H and O–H groups in total. The van der Waals surface area contributed by atoms with Crippen LogP contribution in [0.4, 0.5) is 0 Å². The van der Waals surface area contributed by atoms with E-state index in [1.54, 1.807) is 25.2 Å². The second-order valence-corrected chi connectivity index (χ2v) is 10.0. The number of aromatic nitrogens is 2. The molecule has 0 aliphatic carbocycles. The number of rotatable bonds is 8. The van der Waals surface area contributed by atoms with Crippen LogP contribution >= 0.6 is 0 Å². The van der Waals surface area contributed by atoms with Gasteiger partial charge in [0, 0.05) is 59.0 Å². The number of carbonyl (C=O) groups is 2. The molecule has 176 valence electrons. The highest BCUT2D eigenvalue weighted by atomic mass is 32.2. The number of aryl methyl sites for hydroxylation is 2. The largest absolute Gasteiger partial charge is 0.359 e. The number of likely N-dealkylation sites (tertiary alicyclic amines) is 1. The third kappa shape index (κ3) is 4.80. The van der Waals surface area contributed by atoms with Crippen LogP contribution in [0, 0.1) is 5.92 Å². The Kier molecular flexibility index (Phi) is 7.55. The van der Waals surface area contributed by atoms with Crippen LogP contribution in [-0.2, 0) is 33.1 Å². The maximum Gasteiger partial charge on any atom is 0.243 e. The molecule has 1 aromatic carbocycles. The standard InChI is InChI=1S/C22H33N5O4S/c1-5-27(6-2)32(30,31)17-7-8-19-18(15-17)24-20(25(19)4)9-10-21(28)26-13-11-16(12-14-26)22(29)23-3/h7-8,15-16H,5-6,9-14H2,1-4H3,(H,23,29). The number of hydrogen-bond donors (Lipinski definition) is 1. The van der Waals surface area contributed by atoms with E-state index in [1.807, 2.05) is 30.4 Å². The van der Waals surface area contributed by atoms with Gasteiger partial charge in [0.05, 0.1) is 15.9 Å². The predicted molar refractivity (Wildman–Crippen MR) is 123 cm³/mol. The van der Waals surface area contributed by atoms with E-state index in [1.165, 1.54) is 4.31 Å². The zero-order valence-electron chi connectivity index (χ0n) is 19.3. The number of nitrogens with zero attached hydrogens (tertiary/aromatic N) is 4. The first-order chi connectivity index (χ1) is 15.2. The topological polar surface area (TPSA) is 105 Å². The monoisotopic (exact) mass is 463 g/mol. The zero-order valence-corrected chi connectivity index (χ0v) is 20.1. The molecule has 0 bridgehead atoms. The van der Waals surface area contributed by atoms with Gasteiger partial charge in [0.15, 0.2) is 0 Å². The minimum atomic E-state index is -3.55. The molecule has 0 unspecified atom stereocenters. The van der Waals surface area contributed by atoms with E-state index in [0.29, 0.717) is 57.4 Å². The first kappa shape index (κ1) is 24.2. The van der Waals surface area contributed by atoms with E-state index >= 15 is 0 Å². The fourth-order valence-corrected chi connectivity index (χ4v) is 5.78. The summed E-state index contributed by atoms with van der Waals surface area (Å²) in [7, 11) is -0.0392. The molecule has 1 aliphatic rings. The predicted octanol–water partition coefficient (Wildman–Crippen LogP) is 1.52. The summed E-state index contributed by atoms with van der Waals surface area (Å²) in [4.78, 5) is 31.1. The average Bonchev–Trinajstić information content (AvgIpc) is 3.12. The first-order valence-electron chi connectivity index (χ1n) is 11.2. The van der Waals surface area contributed by atoms with E-state index in [0.717, 1.165) is 11.3 Å². The highest BCUT2D eigenvalue weighted by molar-refractivity contribution is 7.89. The van der Waals surface area contributed by atoms with Crippen molar-refractivity contribution in [1.82, 2.24) is 24.1 Å². The SMILES string of the molecule is CCN(CC)S(=O)(=O)c1ccc2c(c1)nc(CCC(=O)N1CCC(C(=O)NC)CC1)n2C. The summed E-state index contributed by atoms with van der Waals surface area (Å²) in [5, 5.41) is 2.68.